The van der Waals surface area contributed by atoms with Crippen LogP contribution in [0.25, 0.3) is 0 Å². The van der Waals surface area contributed by atoms with E-state index >= 15 is 0 Å². The summed E-state index contributed by atoms with van der Waals surface area (Å²) in [6.45, 7) is 3.85. The fourth-order valence-electron chi connectivity index (χ4n) is 2.80. The number of Topliss-reactive ketones (excluding diaryl/α,β-unsaturated/α-hetero) is 1. The SMILES string of the molecule is C=C1NC(=O)N[C@H](c2ccc(Cl)cc2Cl)[C@@H]1C(=O)c1ccc(Cl)cc1. The molecule has 2 N–H and O–H groups in total. The van der Waals surface area contributed by atoms with Gasteiger partial charge in [0.1, 0.15) is 0 Å². The zero-order valence-corrected chi connectivity index (χ0v) is 15.1. The van der Waals surface area contributed by atoms with Gasteiger partial charge in [0, 0.05) is 26.3 Å². The molecule has 1 fully saturated rings. The molecule has 0 aromatic heterocycles. The average molecular weight is 396 g/mol. The summed E-state index contributed by atoms with van der Waals surface area (Å²) in [5.74, 6) is -0.928. The van der Waals surface area contributed by atoms with Crippen molar-refractivity contribution in [1.29, 1.82) is 0 Å². The van der Waals surface area contributed by atoms with Gasteiger partial charge in [-0.15, -0.1) is 0 Å². The summed E-state index contributed by atoms with van der Waals surface area (Å²) >= 11 is 18.1. The summed E-state index contributed by atoms with van der Waals surface area (Å²) in [5.41, 5.74) is 1.36. The Morgan fingerprint density at radius 2 is 1.64 bits per heavy atom. The third-order valence-electron chi connectivity index (χ3n) is 3.98. The smallest absolute Gasteiger partial charge is 0.319 e. The van der Waals surface area contributed by atoms with Crippen molar-refractivity contribution >= 4 is 46.6 Å². The number of hydrogen-bond acceptors (Lipinski definition) is 2. The molecule has 0 radical (unpaired) electrons. The first-order valence-corrected chi connectivity index (χ1v) is 8.51. The number of nitrogens with one attached hydrogen (secondary N) is 2. The van der Waals surface area contributed by atoms with Gasteiger partial charge in [-0.2, -0.15) is 0 Å². The predicted molar refractivity (Wildman–Crippen MR) is 99.3 cm³/mol. The van der Waals surface area contributed by atoms with Crippen LogP contribution in [0.5, 0.6) is 0 Å². The summed E-state index contributed by atoms with van der Waals surface area (Å²) < 4.78 is 0. The first-order chi connectivity index (χ1) is 11.9. The highest BCUT2D eigenvalue weighted by molar-refractivity contribution is 6.35. The van der Waals surface area contributed by atoms with Gasteiger partial charge in [-0.05, 0) is 42.0 Å². The van der Waals surface area contributed by atoms with E-state index in [4.69, 9.17) is 34.8 Å². The van der Waals surface area contributed by atoms with Gasteiger partial charge in [0.2, 0.25) is 0 Å². The average Bonchev–Trinajstić information content (AvgIpc) is 2.54. The van der Waals surface area contributed by atoms with Crippen molar-refractivity contribution in [1.82, 2.24) is 10.6 Å². The van der Waals surface area contributed by atoms with Crippen molar-refractivity contribution in [3.8, 4) is 0 Å². The molecule has 128 valence electrons. The van der Waals surface area contributed by atoms with E-state index < -0.39 is 18.0 Å². The Morgan fingerprint density at radius 3 is 2.28 bits per heavy atom. The number of hydrogen-bond donors (Lipinski definition) is 2. The standard InChI is InChI=1S/C18H13Cl3N2O2/c1-9-15(17(24)10-2-4-11(19)5-3-10)16(23-18(25)22-9)13-7-6-12(20)8-14(13)21/h2-8,15-16H,1H2,(H2,22,23,25)/t15-,16-/m1/s1. The molecule has 7 heteroatoms. The van der Waals surface area contributed by atoms with Crippen molar-refractivity contribution in [2.45, 2.75) is 6.04 Å². The van der Waals surface area contributed by atoms with Crippen LogP contribution in [0, 0.1) is 5.92 Å². The van der Waals surface area contributed by atoms with Crippen LogP contribution in [0.15, 0.2) is 54.7 Å². The van der Waals surface area contributed by atoms with Gasteiger partial charge in [0.15, 0.2) is 5.78 Å². The summed E-state index contributed by atoms with van der Waals surface area (Å²) in [6, 6.07) is 10.4. The van der Waals surface area contributed by atoms with E-state index in [9.17, 15) is 9.59 Å². The quantitative estimate of drug-likeness (QED) is 0.717. The minimum atomic E-state index is -0.724. The monoisotopic (exact) mass is 394 g/mol. The molecule has 25 heavy (non-hydrogen) atoms. The zero-order valence-electron chi connectivity index (χ0n) is 12.9. The van der Waals surface area contributed by atoms with Crippen molar-refractivity contribution < 1.29 is 9.59 Å². The van der Waals surface area contributed by atoms with Crippen LogP contribution in [0.1, 0.15) is 22.0 Å². The third kappa shape index (κ3) is 3.66. The maximum atomic E-state index is 13.0. The Balaban J connectivity index is 2.03. The number of amides is 2. The van der Waals surface area contributed by atoms with E-state index in [0.29, 0.717) is 31.9 Å². The highest BCUT2D eigenvalue weighted by atomic mass is 35.5. The molecule has 2 aromatic rings. The molecule has 0 aliphatic carbocycles. The molecule has 0 spiro atoms. The molecule has 0 bridgehead atoms. The largest absolute Gasteiger partial charge is 0.330 e. The van der Waals surface area contributed by atoms with Crippen LogP contribution in [-0.2, 0) is 0 Å². The lowest BCUT2D eigenvalue weighted by Crippen LogP contribution is -2.50. The van der Waals surface area contributed by atoms with E-state index in [1.165, 1.54) is 0 Å². The Morgan fingerprint density at radius 1 is 1.00 bits per heavy atom. The normalized spacial score (nSPS) is 20.0. The van der Waals surface area contributed by atoms with Gasteiger partial charge >= 0.3 is 6.03 Å². The second-order valence-corrected chi connectivity index (χ2v) is 6.90. The van der Waals surface area contributed by atoms with Crippen molar-refractivity contribution in [3.05, 3.63) is 80.9 Å². The van der Waals surface area contributed by atoms with Gasteiger partial charge in [-0.1, -0.05) is 47.4 Å². The van der Waals surface area contributed by atoms with Crippen LogP contribution in [0.3, 0.4) is 0 Å². The molecule has 1 aliphatic heterocycles. The summed E-state index contributed by atoms with van der Waals surface area (Å²) in [6.07, 6.45) is 0. The number of urea groups is 1. The van der Waals surface area contributed by atoms with Crippen LogP contribution in [0.2, 0.25) is 15.1 Å². The number of carbonyl (C=O) groups is 2. The molecule has 3 rings (SSSR count). The highest BCUT2D eigenvalue weighted by Gasteiger charge is 2.38. The zero-order chi connectivity index (χ0) is 18.1. The fraction of sp³-hybridized carbons (Fsp3) is 0.111. The first kappa shape index (κ1) is 17.8. The lowest BCUT2D eigenvalue weighted by Gasteiger charge is -2.34. The lowest BCUT2D eigenvalue weighted by molar-refractivity contribution is 0.0905. The van der Waals surface area contributed by atoms with Gasteiger partial charge in [0.05, 0.1) is 12.0 Å². The molecule has 1 aliphatic rings. The van der Waals surface area contributed by atoms with E-state index in [0.717, 1.165) is 0 Å². The molecule has 2 amide bonds. The van der Waals surface area contributed by atoms with Crippen LogP contribution < -0.4 is 10.6 Å². The van der Waals surface area contributed by atoms with Gasteiger partial charge in [-0.25, -0.2) is 4.79 Å². The summed E-state index contributed by atoms with van der Waals surface area (Å²) in [5, 5.41) is 6.67. The summed E-state index contributed by atoms with van der Waals surface area (Å²) in [4.78, 5) is 24.9. The Bertz CT molecular complexity index is 865. The number of carbonyl (C=O) groups excluding carboxylic acids is 2. The lowest BCUT2D eigenvalue weighted by atomic mass is 9.83. The third-order valence-corrected chi connectivity index (χ3v) is 4.79. The van der Waals surface area contributed by atoms with E-state index in [2.05, 4.69) is 17.2 Å². The maximum Gasteiger partial charge on any atom is 0.319 e. The Kier molecular flexibility index (Phi) is 5.04. The molecule has 1 heterocycles. The molecular formula is C18H13Cl3N2O2. The molecular weight excluding hydrogens is 383 g/mol. The number of ketones is 1. The Labute approximate surface area is 159 Å². The van der Waals surface area contributed by atoms with E-state index in [1.54, 1.807) is 42.5 Å². The molecule has 2 atom stereocenters. The van der Waals surface area contributed by atoms with Crippen molar-refractivity contribution in [2.24, 2.45) is 5.92 Å². The van der Waals surface area contributed by atoms with Crippen molar-refractivity contribution in [2.75, 3.05) is 0 Å². The number of rotatable bonds is 3. The predicted octanol–water partition coefficient (Wildman–Crippen LogP) is 5.01. The minimum absolute atomic E-state index is 0.204. The first-order valence-electron chi connectivity index (χ1n) is 7.38. The van der Waals surface area contributed by atoms with E-state index in [1.807, 2.05) is 0 Å². The highest BCUT2D eigenvalue weighted by Crippen LogP contribution is 2.36. The van der Waals surface area contributed by atoms with Gasteiger partial charge in [-0.3, -0.25) is 4.79 Å². The van der Waals surface area contributed by atoms with Crippen LogP contribution in [-0.4, -0.2) is 11.8 Å². The molecule has 2 aromatic carbocycles. The fourth-order valence-corrected chi connectivity index (χ4v) is 3.45. The second-order valence-electron chi connectivity index (χ2n) is 5.62. The van der Waals surface area contributed by atoms with Gasteiger partial charge in [0.25, 0.3) is 0 Å². The molecule has 0 saturated carbocycles. The minimum Gasteiger partial charge on any atom is -0.330 e. The second kappa shape index (κ2) is 7.08. The molecule has 1 saturated heterocycles. The topological polar surface area (TPSA) is 58.2 Å². The van der Waals surface area contributed by atoms with Crippen molar-refractivity contribution in [3.63, 3.8) is 0 Å². The van der Waals surface area contributed by atoms with Crippen LogP contribution >= 0.6 is 34.8 Å². The number of halogens is 3. The molecule has 0 unspecified atom stereocenters. The Hall–Kier alpha value is -2.01. The molecule has 4 nitrogen and oxygen atoms in total. The van der Waals surface area contributed by atoms with Crippen LogP contribution in [0.4, 0.5) is 4.79 Å². The van der Waals surface area contributed by atoms with Gasteiger partial charge < -0.3 is 10.6 Å². The van der Waals surface area contributed by atoms with E-state index in [-0.39, 0.29) is 5.78 Å². The number of benzene rings is 2. The maximum absolute atomic E-state index is 13.0. The summed E-state index contributed by atoms with van der Waals surface area (Å²) in [7, 11) is 0.